The van der Waals surface area contributed by atoms with Crippen LogP contribution in [0.2, 0.25) is 0 Å². The zero-order valence-corrected chi connectivity index (χ0v) is 14.9. The monoisotopic (exact) mass is 324 g/mol. The number of nitrogens with one attached hydrogen (secondary N) is 1. The molecule has 124 valence electrons. The standard InChI is InChI=1S/C17H28N2O2S/c1-17(2,3)15-5-7-16(8-6-15)22(20,21)19-11-9-14(10-12-19)13-18-4/h5-8,14,18H,9-13H2,1-4H3. The molecule has 22 heavy (non-hydrogen) atoms. The molecule has 0 unspecified atom stereocenters. The van der Waals surface area contributed by atoms with E-state index in [0.717, 1.165) is 24.9 Å². The normalized spacial score (nSPS) is 18.5. The minimum atomic E-state index is -3.35. The molecular weight excluding hydrogens is 296 g/mol. The van der Waals surface area contributed by atoms with Crippen molar-refractivity contribution in [1.29, 1.82) is 0 Å². The fraction of sp³-hybridized carbons (Fsp3) is 0.647. The number of nitrogens with zero attached hydrogens (tertiary/aromatic N) is 1. The maximum Gasteiger partial charge on any atom is 0.243 e. The van der Waals surface area contributed by atoms with Crippen molar-refractivity contribution < 1.29 is 8.42 Å². The molecule has 1 heterocycles. The zero-order chi connectivity index (χ0) is 16.4. The van der Waals surface area contributed by atoms with Gasteiger partial charge in [0, 0.05) is 13.1 Å². The number of sulfonamides is 1. The lowest BCUT2D eigenvalue weighted by molar-refractivity contribution is 0.270. The third kappa shape index (κ3) is 3.89. The second-order valence-corrected chi connectivity index (χ2v) is 9.12. The number of benzene rings is 1. The second-order valence-electron chi connectivity index (χ2n) is 7.18. The van der Waals surface area contributed by atoms with E-state index in [1.165, 1.54) is 0 Å². The van der Waals surface area contributed by atoms with Crippen LogP contribution in [0.5, 0.6) is 0 Å². The Kier molecular flexibility index (Phi) is 5.30. The van der Waals surface area contributed by atoms with Crippen LogP contribution in [0.4, 0.5) is 0 Å². The van der Waals surface area contributed by atoms with Gasteiger partial charge >= 0.3 is 0 Å². The van der Waals surface area contributed by atoms with Gasteiger partial charge in [-0.05, 0) is 55.5 Å². The SMILES string of the molecule is CNCC1CCN(S(=O)(=O)c2ccc(C(C)(C)C)cc2)CC1. The van der Waals surface area contributed by atoms with Crippen LogP contribution in [0.25, 0.3) is 0 Å². The zero-order valence-electron chi connectivity index (χ0n) is 14.1. The van der Waals surface area contributed by atoms with Gasteiger partial charge in [0.2, 0.25) is 10.0 Å². The molecule has 0 aromatic heterocycles. The molecule has 4 nitrogen and oxygen atoms in total. The van der Waals surface area contributed by atoms with E-state index in [0.29, 0.717) is 23.9 Å². The summed E-state index contributed by atoms with van der Waals surface area (Å²) in [5.41, 5.74) is 1.19. The number of hydrogen-bond donors (Lipinski definition) is 1. The molecule has 0 atom stereocenters. The van der Waals surface area contributed by atoms with Crippen molar-refractivity contribution in [2.45, 2.75) is 43.9 Å². The van der Waals surface area contributed by atoms with Crippen LogP contribution >= 0.6 is 0 Å². The summed E-state index contributed by atoms with van der Waals surface area (Å²) in [5.74, 6) is 0.583. The van der Waals surface area contributed by atoms with Crippen molar-refractivity contribution >= 4 is 10.0 Å². The molecule has 1 aromatic rings. The minimum absolute atomic E-state index is 0.0355. The van der Waals surface area contributed by atoms with Crippen LogP contribution in [0.1, 0.15) is 39.2 Å². The Morgan fingerprint density at radius 2 is 1.68 bits per heavy atom. The Bertz CT molecular complexity index is 580. The van der Waals surface area contributed by atoms with Crippen molar-refractivity contribution in [3.8, 4) is 0 Å². The largest absolute Gasteiger partial charge is 0.319 e. The molecule has 0 radical (unpaired) electrons. The van der Waals surface area contributed by atoms with Gasteiger partial charge in [0.1, 0.15) is 0 Å². The van der Waals surface area contributed by atoms with Crippen LogP contribution in [0.15, 0.2) is 29.2 Å². The van der Waals surface area contributed by atoms with Gasteiger partial charge in [0.25, 0.3) is 0 Å². The smallest absolute Gasteiger partial charge is 0.243 e. The molecule has 1 aliphatic rings. The first-order chi connectivity index (χ1) is 10.2. The molecule has 5 heteroatoms. The molecule has 1 fully saturated rings. The predicted molar refractivity (Wildman–Crippen MR) is 90.6 cm³/mol. The lowest BCUT2D eigenvalue weighted by Gasteiger charge is -2.31. The second kappa shape index (κ2) is 6.69. The lowest BCUT2D eigenvalue weighted by atomic mass is 9.87. The first-order valence-corrected chi connectivity index (χ1v) is 9.44. The van der Waals surface area contributed by atoms with E-state index in [2.05, 4.69) is 26.1 Å². The van der Waals surface area contributed by atoms with Gasteiger partial charge in [-0.25, -0.2) is 8.42 Å². The highest BCUT2D eigenvalue weighted by atomic mass is 32.2. The summed E-state index contributed by atoms with van der Waals surface area (Å²) in [5, 5.41) is 3.18. The van der Waals surface area contributed by atoms with E-state index in [4.69, 9.17) is 0 Å². The van der Waals surface area contributed by atoms with E-state index in [9.17, 15) is 8.42 Å². The maximum absolute atomic E-state index is 12.7. The summed E-state index contributed by atoms with van der Waals surface area (Å²) in [6.45, 7) is 8.59. The summed E-state index contributed by atoms with van der Waals surface area (Å²) in [7, 11) is -1.41. The fourth-order valence-corrected chi connectivity index (χ4v) is 4.39. The summed E-state index contributed by atoms with van der Waals surface area (Å²) < 4.78 is 27.1. The van der Waals surface area contributed by atoms with Crippen LogP contribution in [0, 0.1) is 5.92 Å². The molecule has 1 aromatic carbocycles. The van der Waals surface area contributed by atoms with Crippen molar-refractivity contribution in [3.63, 3.8) is 0 Å². The number of piperidine rings is 1. The Balaban J connectivity index is 2.11. The number of rotatable bonds is 4. The summed E-state index contributed by atoms with van der Waals surface area (Å²) in [6.07, 6.45) is 1.86. The molecule has 0 saturated carbocycles. The fourth-order valence-electron chi connectivity index (χ4n) is 2.92. The van der Waals surface area contributed by atoms with Gasteiger partial charge < -0.3 is 5.32 Å². The first-order valence-electron chi connectivity index (χ1n) is 8.00. The topological polar surface area (TPSA) is 49.4 Å². The van der Waals surface area contributed by atoms with Gasteiger partial charge in [0.15, 0.2) is 0 Å². The van der Waals surface area contributed by atoms with E-state index < -0.39 is 10.0 Å². The summed E-state index contributed by atoms with van der Waals surface area (Å²) in [4.78, 5) is 0.410. The summed E-state index contributed by atoms with van der Waals surface area (Å²) >= 11 is 0. The average molecular weight is 324 g/mol. The highest BCUT2D eigenvalue weighted by Crippen LogP contribution is 2.26. The van der Waals surface area contributed by atoms with Crippen molar-refractivity contribution in [2.24, 2.45) is 5.92 Å². The van der Waals surface area contributed by atoms with Crippen molar-refractivity contribution in [3.05, 3.63) is 29.8 Å². The van der Waals surface area contributed by atoms with E-state index >= 15 is 0 Å². The first kappa shape index (κ1) is 17.4. The number of hydrogen-bond acceptors (Lipinski definition) is 3. The quantitative estimate of drug-likeness (QED) is 0.926. The van der Waals surface area contributed by atoms with E-state index in [-0.39, 0.29) is 5.41 Å². The molecule has 1 aliphatic heterocycles. The van der Waals surface area contributed by atoms with Gasteiger partial charge in [-0.3, -0.25) is 0 Å². The molecule has 1 N–H and O–H groups in total. The van der Waals surface area contributed by atoms with Crippen LogP contribution in [0.3, 0.4) is 0 Å². The minimum Gasteiger partial charge on any atom is -0.319 e. The van der Waals surface area contributed by atoms with E-state index in [1.807, 2.05) is 19.2 Å². The maximum atomic E-state index is 12.7. The Morgan fingerprint density at radius 3 is 2.14 bits per heavy atom. The van der Waals surface area contributed by atoms with Crippen molar-refractivity contribution in [2.75, 3.05) is 26.7 Å². The predicted octanol–water partition coefficient (Wildman–Crippen LogP) is 2.60. The molecule has 0 spiro atoms. The molecular formula is C17H28N2O2S. The molecule has 0 bridgehead atoms. The molecule has 0 aliphatic carbocycles. The Hall–Kier alpha value is -0.910. The molecule has 2 rings (SSSR count). The van der Waals surface area contributed by atoms with Crippen LogP contribution in [-0.2, 0) is 15.4 Å². The van der Waals surface area contributed by atoms with E-state index in [1.54, 1.807) is 16.4 Å². The van der Waals surface area contributed by atoms with Gasteiger partial charge in [-0.2, -0.15) is 4.31 Å². The average Bonchev–Trinajstić information content (AvgIpc) is 2.47. The third-order valence-corrected chi connectivity index (χ3v) is 6.34. The molecule has 1 saturated heterocycles. The Labute approximate surface area is 135 Å². The summed E-state index contributed by atoms with van der Waals surface area (Å²) in [6, 6.07) is 7.35. The van der Waals surface area contributed by atoms with Crippen molar-refractivity contribution in [1.82, 2.24) is 9.62 Å². The van der Waals surface area contributed by atoms with Crippen LogP contribution < -0.4 is 5.32 Å². The highest BCUT2D eigenvalue weighted by Gasteiger charge is 2.29. The Morgan fingerprint density at radius 1 is 1.14 bits per heavy atom. The van der Waals surface area contributed by atoms with Crippen LogP contribution in [-0.4, -0.2) is 39.4 Å². The van der Waals surface area contributed by atoms with Gasteiger partial charge in [0.05, 0.1) is 4.90 Å². The molecule has 0 amide bonds. The highest BCUT2D eigenvalue weighted by molar-refractivity contribution is 7.89. The van der Waals surface area contributed by atoms with Gasteiger partial charge in [-0.15, -0.1) is 0 Å². The third-order valence-electron chi connectivity index (χ3n) is 4.42. The lowest BCUT2D eigenvalue weighted by Crippen LogP contribution is -2.40. The van der Waals surface area contributed by atoms with Gasteiger partial charge in [-0.1, -0.05) is 32.9 Å².